The first-order chi connectivity index (χ1) is 12.7. The van der Waals surface area contributed by atoms with Gasteiger partial charge in [0.05, 0.1) is 5.69 Å². The second kappa shape index (κ2) is 6.72. The zero-order valence-corrected chi connectivity index (χ0v) is 14.4. The number of rotatable bonds is 4. The Labute approximate surface area is 151 Å². The van der Waals surface area contributed by atoms with Crippen molar-refractivity contribution >= 4 is 22.5 Å². The number of nitrogens with two attached hydrogens (primary N) is 2. The lowest BCUT2D eigenvalue weighted by Gasteiger charge is -2.26. The highest BCUT2D eigenvalue weighted by molar-refractivity contribution is 6.07. The van der Waals surface area contributed by atoms with Gasteiger partial charge in [0.15, 0.2) is 5.69 Å². The van der Waals surface area contributed by atoms with Crippen molar-refractivity contribution in [3.8, 4) is 11.1 Å². The summed E-state index contributed by atoms with van der Waals surface area (Å²) in [5.41, 5.74) is 16.2. The lowest BCUT2D eigenvalue weighted by atomic mass is 9.93. The molecular formula is C20H21N5O. The third kappa shape index (κ3) is 2.88. The number of nitrogens with zero attached hydrogens (tertiary/aromatic N) is 2. The van der Waals surface area contributed by atoms with Gasteiger partial charge in [-0.2, -0.15) is 0 Å². The predicted octanol–water partition coefficient (Wildman–Crippen LogP) is 2.62. The fourth-order valence-corrected chi connectivity index (χ4v) is 3.22. The monoisotopic (exact) mass is 347 g/mol. The molecule has 1 heterocycles. The molecule has 5 N–H and O–H groups in total. The van der Waals surface area contributed by atoms with E-state index in [-0.39, 0.29) is 17.6 Å². The number of anilines is 1. The summed E-state index contributed by atoms with van der Waals surface area (Å²) < 4.78 is 0. The van der Waals surface area contributed by atoms with E-state index in [9.17, 15) is 4.79 Å². The first-order valence-corrected chi connectivity index (χ1v) is 8.82. The second-order valence-electron chi connectivity index (χ2n) is 6.67. The van der Waals surface area contributed by atoms with Gasteiger partial charge in [0.25, 0.3) is 5.91 Å². The number of hydrogen-bond acceptors (Lipinski definition) is 5. The number of nitrogens with one attached hydrogen (secondary N) is 1. The summed E-state index contributed by atoms with van der Waals surface area (Å²) in [5, 5.41) is 12.2. The van der Waals surface area contributed by atoms with E-state index in [0.29, 0.717) is 17.7 Å². The number of nitrogen functional groups attached to an aromatic ring is 1. The van der Waals surface area contributed by atoms with Crippen LogP contribution in [0.2, 0.25) is 0 Å². The maximum absolute atomic E-state index is 12.4. The molecule has 0 radical (unpaired) electrons. The van der Waals surface area contributed by atoms with Crippen molar-refractivity contribution < 1.29 is 4.79 Å². The van der Waals surface area contributed by atoms with Crippen LogP contribution in [0.3, 0.4) is 0 Å². The minimum atomic E-state index is -0.253. The highest BCUT2D eigenvalue weighted by Crippen LogP contribution is 2.31. The van der Waals surface area contributed by atoms with Gasteiger partial charge in [0.2, 0.25) is 0 Å². The Kier molecular flexibility index (Phi) is 4.26. The lowest BCUT2D eigenvalue weighted by molar-refractivity contribution is 0.0912. The normalized spacial score (nSPS) is 14.2. The summed E-state index contributed by atoms with van der Waals surface area (Å²) in [4.78, 5) is 12.4. The first kappa shape index (κ1) is 16.5. The summed E-state index contributed by atoms with van der Waals surface area (Å²) in [6.45, 7) is 0.470. The van der Waals surface area contributed by atoms with Crippen LogP contribution >= 0.6 is 0 Å². The van der Waals surface area contributed by atoms with Gasteiger partial charge >= 0.3 is 0 Å². The standard InChI is InChI=1S/C20H21N5O/c21-11-12-4-1-5-13(10-12)15-8-3-9-16-17(22)19(25-24-18(15)16)20(26)23-14-6-2-7-14/h1,3-5,8-10,14H,2,6-7,11,21H2,(H2,22,24)(H,23,26). The summed E-state index contributed by atoms with van der Waals surface area (Å²) in [7, 11) is 0. The Bertz CT molecular complexity index is 981. The van der Waals surface area contributed by atoms with Crippen molar-refractivity contribution in [2.45, 2.75) is 31.8 Å². The molecule has 0 spiro atoms. The number of carbonyl (C=O) groups excluding carboxylic acids is 1. The average Bonchev–Trinajstić information content (AvgIpc) is 2.64. The van der Waals surface area contributed by atoms with Crippen LogP contribution in [-0.2, 0) is 6.54 Å². The van der Waals surface area contributed by atoms with E-state index >= 15 is 0 Å². The van der Waals surface area contributed by atoms with Crippen LogP contribution in [0.15, 0.2) is 42.5 Å². The Hall–Kier alpha value is -2.99. The maximum atomic E-state index is 12.4. The minimum absolute atomic E-state index is 0.192. The van der Waals surface area contributed by atoms with Gasteiger partial charge in [-0.05, 0) is 36.5 Å². The van der Waals surface area contributed by atoms with E-state index in [4.69, 9.17) is 11.5 Å². The molecule has 2 aromatic carbocycles. The van der Waals surface area contributed by atoms with Crippen LogP contribution in [0.25, 0.3) is 22.0 Å². The second-order valence-corrected chi connectivity index (χ2v) is 6.67. The molecule has 0 aliphatic heterocycles. The average molecular weight is 347 g/mol. The predicted molar refractivity (Wildman–Crippen MR) is 102 cm³/mol. The largest absolute Gasteiger partial charge is 0.396 e. The van der Waals surface area contributed by atoms with Crippen molar-refractivity contribution in [3.63, 3.8) is 0 Å². The van der Waals surface area contributed by atoms with Crippen molar-refractivity contribution in [2.24, 2.45) is 5.73 Å². The molecule has 0 saturated heterocycles. The first-order valence-electron chi connectivity index (χ1n) is 8.82. The van der Waals surface area contributed by atoms with Crippen LogP contribution in [0.1, 0.15) is 35.3 Å². The van der Waals surface area contributed by atoms with E-state index in [0.717, 1.165) is 41.3 Å². The molecule has 0 atom stereocenters. The lowest BCUT2D eigenvalue weighted by Crippen LogP contribution is -2.40. The quantitative estimate of drug-likeness (QED) is 0.672. The van der Waals surface area contributed by atoms with Crippen molar-refractivity contribution in [1.82, 2.24) is 15.5 Å². The van der Waals surface area contributed by atoms with Gasteiger partial charge in [-0.3, -0.25) is 4.79 Å². The molecule has 3 aromatic rings. The highest BCUT2D eigenvalue weighted by Gasteiger charge is 2.23. The Balaban J connectivity index is 1.77. The van der Waals surface area contributed by atoms with Crippen molar-refractivity contribution in [3.05, 3.63) is 53.7 Å². The molecule has 1 aromatic heterocycles. The van der Waals surface area contributed by atoms with Crippen LogP contribution in [0, 0.1) is 0 Å². The molecule has 132 valence electrons. The topological polar surface area (TPSA) is 107 Å². The number of carbonyl (C=O) groups is 1. The molecule has 1 amide bonds. The fraction of sp³-hybridized carbons (Fsp3) is 0.250. The molecular weight excluding hydrogens is 326 g/mol. The Morgan fingerprint density at radius 2 is 1.96 bits per heavy atom. The Morgan fingerprint density at radius 1 is 1.15 bits per heavy atom. The third-order valence-corrected chi connectivity index (χ3v) is 4.96. The minimum Gasteiger partial charge on any atom is -0.396 e. The number of benzene rings is 2. The van der Waals surface area contributed by atoms with Gasteiger partial charge < -0.3 is 16.8 Å². The summed E-state index contributed by atoms with van der Waals surface area (Å²) in [6.07, 6.45) is 3.16. The molecule has 6 nitrogen and oxygen atoms in total. The molecule has 26 heavy (non-hydrogen) atoms. The van der Waals surface area contributed by atoms with Crippen molar-refractivity contribution in [2.75, 3.05) is 5.73 Å². The molecule has 1 aliphatic rings. The van der Waals surface area contributed by atoms with Crippen LogP contribution in [0.4, 0.5) is 5.69 Å². The van der Waals surface area contributed by atoms with E-state index in [2.05, 4.69) is 15.5 Å². The van der Waals surface area contributed by atoms with Crippen molar-refractivity contribution in [1.29, 1.82) is 0 Å². The maximum Gasteiger partial charge on any atom is 0.274 e. The number of fused-ring (bicyclic) bond motifs is 1. The highest BCUT2D eigenvalue weighted by atomic mass is 16.2. The molecule has 1 fully saturated rings. The van der Waals surface area contributed by atoms with E-state index in [1.165, 1.54) is 0 Å². The number of aromatic nitrogens is 2. The van der Waals surface area contributed by atoms with Gasteiger partial charge in [-0.1, -0.05) is 36.4 Å². The van der Waals surface area contributed by atoms with Gasteiger partial charge in [0.1, 0.15) is 5.52 Å². The van der Waals surface area contributed by atoms with Crippen LogP contribution < -0.4 is 16.8 Å². The molecule has 0 unspecified atom stereocenters. The molecule has 0 bridgehead atoms. The zero-order chi connectivity index (χ0) is 18.1. The number of hydrogen-bond donors (Lipinski definition) is 3. The van der Waals surface area contributed by atoms with Crippen LogP contribution in [0.5, 0.6) is 0 Å². The van der Waals surface area contributed by atoms with Crippen LogP contribution in [-0.4, -0.2) is 22.1 Å². The summed E-state index contributed by atoms with van der Waals surface area (Å²) in [6, 6.07) is 14.0. The summed E-state index contributed by atoms with van der Waals surface area (Å²) in [5.74, 6) is -0.253. The number of amides is 1. The van der Waals surface area contributed by atoms with Gasteiger partial charge in [0, 0.05) is 23.5 Å². The molecule has 6 heteroatoms. The Morgan fingerprint density at radius 3 is 2.69 bits per heavy atom. The fourth-order valence-electron chi connectivity index (χ4n) is 3.22. The smallest absolute Gasteiger partial charge is 0.274 e. The van der Waals surface area contributed by atoms with E-state index < -0.39 is 0 Å². The zero-order valence-electron chi connectivity index (χ0n) is 14.4. The van der Waals surface area contributed by atoms with E-state index in [1.54, 1.807) is 0 Å². The third-order valence-electron chi connectivity index (χ3n) is 4.96. The molecule has 1 aliphatic carbocycles. The van der Waals surface area contributed by atoms with Gasteiger partial charge in [-0.25, -0.2) is 0 Å². The molecule has 4 rings (SSSR count). The summed E-state index contributed by atoms with van der Waals surface area (Å²) >= 11 is 0. The molecule has 1 saturated carbocycles. The van der Waals surface area contributed by atoms with Gasteiger partial charge in [-0.15, -0.1) is 10.2 Å². The SMILES string of the molecule is NCc1cccc(-c2cccc3c(N)c(C(=O)NC4CCC4)nnc23)c1. The van der Waals surface area contributed by atoms with E-state index in [1.807, 2.05) is 42.5 Å².